The molecular formula is C20H20N4. The Morgan fingerprint density at radius 1 is 0.417 bits per heavy atom. The number of nitrogens with two attached hydrogens (primary N) is 4. The molecule has 0 aromatic heterocycles. The van der Waals surface area contributed by atoms with Crippen molar-refractivity contribution in [2.24, 2.45) is 0 Å². The Morgan fingerprint density at radius 3 is 1.58 bits per heavy atom. The minimum absolute atomic E-state index is 0.647. The summed E-state index contributed by atoms with van der Waals surface area (Å²) in [7, 11) is 0. The Bertz CT molecular complexity index is 966. The monoisotopic (exact) mass is 316 g/mol. The van der Waals surface area contributed by atoms with Crippen LogP contribution in [0.3, 0.4) is 0 Å². The second kappa shape index (κ2) is 6.38. The fourth-order valence-electron chi connectivity index (χ4n) is 2.67. The van der Waals surface area contributed by atoms with E-state index in [0.29, 0.717) is 11.4 Å². The minimum Gasteiger partial charge on any atom is -0.398 e. The van der Waals surface area contributed by atoms with Gasteiger partial charge in [0, 0.05) is 27.5 Å². The van der Waals surface area contributed by atoms with Crippen LogP contribution in [-0.2, 0) is 0 Å². The number of hydrogen-bond acceptors (Lipinski definition) is 4. The lowest BCUT2D eigenvalue weighted by atomic mass is 10.1. The van der Waals surface area contributed by atoms with Crippen LogP contribution in [0.5, 0.6) is 0 Å². The number of anilines is 4. The molecule has 4 nitrogen and oxygen atoms in total. The van der Waals surface area contributed by atoms with Crippen LogP contribution in [0.25, 0.3) is 21.5 Å². The van der Waals surface area contributed by atoms with Gasteiger partial charge >= 0.3 is 0 Å². The van der Waals surface area contributed by atoms with Crippen LogP contribution in [0.15, 0.2) is 72.8 Å². The molecule has 120 valence electrons. The van der Waals surface area contributed by atoms with E-state index in [0.717, 1.165) is 32.9 Å². The topological polar surface area (TPSA) is 104 Å². The third kappa shape index (κ3) is 2.90. The number of hydrogen-bond donors (Lipinski definition) is 4. The lowest BCUT2D eigenvalue weighted by Crippen LogP contribution is -1.94. The fourth-order valence-corrected chi connectivity index (χ4v) is 2.67. The van der Waals surface area contributed by atoms with Crippen molar-refractivity contribution in [2.75, 3.05) is 22.9 Å². The van der Waals surface area contributed by atoms with Gasteiger partial charge in [-0.1, -0.05) is 54.6 Å². The van der Waals surface area contributed by atoms with Crippen molar-refractivity contribution >= 4 is 44.3 Å². The molecule has 0 heterocycles. The molecule has 0 unspecified atom stereocenters. The van der Waals surface area contributed by atoms with Crippen LogP contribution < -0.4 is 22.9 Å². The van der Waals surface area contributed by atoms with Crippen molar-refractivity contribution in [3.63, 3.8) is 0 Å². The van der Waals surface area contributed by atoms with Crippen molar-refractivity contribution in [3.8, 4) is 0 Å². The first-order chi connectivity index (χ1) is 11.6. The lowest BCUT2D eigenvalue weighted by Gasteiger charge is -2.03. The second-order valence-corrected chi connectivity index (χ2v) is 5.58. The average Bonchev–Trinajstić information content (AvgIpc) is 2.60. The first-order valence-electron chi connectivity index (χ1n) is 7.63. The van der Waals surface area contributed by atoms with Crippen molar-refractivity contribution in [3.05, 3.63) is 72.8 Å². The molecule has 0 aliphatic rings. The molecule has 4 aromatic rings. The average molecular weight is 316 g/mol. The van der Waals surface area contributed by atoms with Gasteiger partial charge in [0.2, 0.25) is 0 Å². The molecule has 0 atom stereocenters. The summed E-state index contributed by atoms with van der Waals surface area (Å²) in [6.45, 7) is 0. The predicted molar refractivity (Wildman–Crippen MR) is 106 cm³/mol. The molecule has 0 radical (unpaired) electrons. The molecule has 4 heteroatoms. The Hall–Kier alpha value is -3.40. The summed E-state index contributed by atoms with van der Waals surface area (Å²) >= 11 is 0. The highest BCUT2D eigenvalue weighted by Gasteiger charge is 1.99. The molecule has 0 saturated heterocycles. The maximum absolute atomic E-state index is 5.79. The Morgan fingerprint density at radius 2 is 0.958 bits per heavy atom. The molecule has 0 aliphatic carbocycles. The van der Waals surface area contributed by atoms with Gasteiger partial charge in [0.05, 0.1) is 11.4 Å². The summed E-state index contributed by atoms with van der Waals surface area (Å²) in [5.74, 6) is 0. The van der Waals surface area contributed by atoms with E-state index in [-0.39, 0.29) is 0 Å². The highest BCUT2D eigenvalue weighted by atomic mass is 14.7. The maximum Gasteiger partial charge on any atom is 0.0627 e. The van der Waals surface area contributed by atoms with Gasteiger partial charge < -0.3 is 22.9 Å². The second-order valence-electron chi connectivity index (χ2n) is 5.58. The standard InChI is InChI=1S/2C10H10N2/c11-9-5-1-3-7-8(9)4-2-6-10(7)12;11-9-6-5-7-3-1-2-4-8(7)10(9)12/h2*1-6H,11-12H2. The zero-order chi connectivity index (χ0) is 17.1. The van der Waals surface area contributed by atoms with E-state index < -0.39 is 0 Å². The molecule has 0 bridgehead atoms. The fraction of sp³-hybridized carbons (Fsp3) is 0. The molecule has 8 N–H and O–H groups in total. The Labute approximate surface area is 140 Å². The van der Waals surface area contributed by atoms with Crippen LogP contribution in [0, 0.1) is 0 Å². The maximum atomic E-state index is 5.79. The largest absolute Gasteiger partial charge is 0.398 e. The predicted octanol–water partition coefficient (Wildman–Crippen LogP) is 4.01. The van der Waals surface area contributed by atoms with Gasteiger partial charge in [-0.15, -0.1) is 0 Å². The normalized spacial score (nSPS) is 10.3. The van der Waals surface area contributed by atoms with Crippen LogP contribution in [0.2, 0.25) is 0 Å². The summed E-state index contributed by atoms with van der Waals surface area (Å²) in [4.78, 5) is 0. The highest BCUT2D eigenvalue weighted by molar-refractivity contribution is 6.00. The van der Waals surface area contributed by atoms with Gasteiger partial charge in [0.1, 0.15) is 0 Å². The first-order valence-corrected chi connectivity index (χ1v) is 7.63. The smallest absolute Gasteiger partial charge is 0.0627 e. The third-order valence-corrected chi connectivity index (χ3v) is 3.99. The van der Waals surface area contributed by atoms with Crippen LogP contribution in [-0.4, -0.2) is 0 Å². The van der Waals surface area contributed by atoms with Crippen LogP contribution in [0.1, 0.15) is 0 Å². The molecule has 0 fully saturated rings. The highest BCUT2D eigenvalue weighted by Crippen LogP contribution is 2.26. The summed E-state index contributed by atoms with van der Waals surface area (Å²) in [5.41, 5.74) is 25.9. The van der Waals surface area contributed by atoms with Crippen molar-refractivity contribution in [2.45, 2.75) is 0 Å². The van der Waals surface area contributed by atoms with Crippen molar-refractivity contribution in [1.29, 1.82) is 0 Å². The number of nitrogen functional groups attached to an aromatic ring is 4. The van der Waals surface area contributed by atoms with E-state index >= 15 is 0 Å². The summed E-state index contributed by atoms with van der Waals surface area (Å²) < 4.78 is 0. The molecule has 4 rings (SSSR count). The zero-order valence-corrected chi connectivity index (χ0v) is 13.2. The van der Waals surface area contributed by atoms with E-state index in [1.165, 1.54) is 0 Å². The van der Waals surface area contributed by atoms with E-state index in [4.69, 9.17) is 22.9 Å². The molecule has 0 spiro atoms. The van der Waals surface area contributed by atoms with Crippen LogP contribution >= 0.6 is 0 Å². The summed E-state index contributed by atoms with van der Waals surface area (Å²) in [5, 5.41) is 4.21. The van der Waals surface area contributed by atoms with Gasteiger partial charge in [-0.2, -0.15) is 0 Å². The van der Waals surface area contributed by atoms with Gasteiger partial charge in [-0.25, -0.2) is 0 Å². The Kier molecular flexibility index (Phi) is 4.12. The van der Waals surface area contributed by atoms with Gasteiger partial charge in [0.15, 0.2) is 0 Å². The molecular weight excluding hydrogens is 296 g/mol. The van der Waals surface area contributed by atoms with Gasteiger partial charge in [-0.3, -0.25) is 0 Å². The molecule has 4 aromatic carbocycles. The zero-order valence-electron chi connectivity index (χ0n) is 13.2. The van der Waals surface area contributed by atoms with E-state index in [1.807, 2.05) is 72.8 Å². The molecule has 24 heavy (non-hydrogen) atoms. The van der Waals surface area contributed by atoms with Crippen LogP contribution in [0.4, 0.5) is 22.7 Å². The Balaban J connectivity index is 0.000000141. The molecule has 0 aliphatic heterocycles. The van der Waals surface area contributed by atoms with Gasteiger partial charge in [0.25, 0.3) is 0 Å². The van der Waals surface area contributed by atoms with Crippen molar-refractivity contribution in [1.82, 2.24) is 0 Å². The summed E-state index contributed by atoms with van der Waals surface area (Å²) in [6, 6.07) is 23.3. The lowest BCUT2D eigenvalue weighted by molar-refractivity contribution is 1.71. The molecule has 0 saturated carbocycles. The summed E-state index contributed by atoms with van der Waals surface area (Å²) in [6.07, 6.45) is 0. The quantitative estimate of drug-likeness (QED) is 0.368. The molecule has 0 amide bonds. The number of benzene rings is 4. The van der Waals surface area contributed by atoms with Crippen molar-refractivity contribution < 1.29 is 0 Å². The third-order valence-electron chi connectivity index (χ3n) is 3.99. The van der Waals surface area contributed by atoms with E-state index in [9.17, 15) is 0 Å². The first kappa shape index (κ1) is 15.5. The van der Waals surface area contributed by atoms with Gasteiger partial charge in [-0.05, 0) is 23.6 Å². The minimum atomic E-state index is 0.647. The SMILES string of the molecule is Nc1ccc2ccccc2c1N.Nc1cccc2c(N)cccc12. The van der Waals surface area contributed by atoms with E-state index in [1.54, 1.807) is 0 Å². The van der Waals surface area contributed by atoms with E-state index in [2.05, 4.69) is 0 Å². The number of rotatable bonds is 0. The number of fused-ring (bicyclic) bond motifs is 2.